The van der Waals surface area contributed by atoms with Crippen LogP contribution in [0.2, 0.25) is 5.15 Å². The Balaban J connectivity index is 1.56. The molecule has 0 saturated carbocycles. The van der Waals surface area contributed by atoms with E-state index in [0.29, 0.717) is 28.7 Å². The summed E-state index contributed by atoms with van der Waals surface area (Å²) in [5.41, 5.74) is 4.75. The first kappa shape index (κ1) is 19.6. The molecule has 0 atom stereocenters. The number of ether oxygens (including phenoxy) is 1. The maximum absolute atomic E-state index is 12.8. The third-order valence-electron chi connectivity index (χ3n) is 3.85. The van der Waals surface area contributed by atoms with Crippen LogP contribution >= 0.6 is 11.6 Å². The molecule has 0 aliphatic carbocycles. The van der Waals surface area contributed by atoms with E-state index in [1.54, 1.807) is 4.68 Å². The van der Waals surface area contributed by atoms with E-state index >= 15 is 0 Å². The Bertz CT molecular complexity index is 972. The van der Waals surface area contributed by atoms with Gasteiger partial charge in [-0.15, -0.1) is 0 Å². The maximum atomic E-state index is 12.8. The highest BCUT2D eigenvalue weighted by Crippen LogP contribution is 2.19. The molecule has 0 unspecified atom stereocenters. The number of nitrogens with one attached hydrogen (secondary N) is 1. The topological polar surface area (TPSA) is 68.5 Å². The molecule has 3 aromatic rings. The minimum absolute atomic E-state index is 0.247. The van der Waals surface area contributed by atoms with Gasteiger partial charge in [-0.1, -0.05) is 41.9 Å². The summed E-state index contributed by atoms with van der Waals surface area (Å²) in [5.74, 6) is -0.436. The predicted octanol–water partition coefficient (Wildman–Crippen LogP) is 3.56. The largest absolute Gasteiger partial charge is 0.484 e. The van der Waals surface area contributed by atoms with Crippen molar-refractivity contribution in [3.63, 3.8) is 0 Å². The molecule has 0 spiro atoms. The molecule has 0 bridgehead atoms. The van der Waals surface area contributed by atoms with Gasteiger partial charge in [0.05, 0.1) is 24.0 Å². The highest BCUT2D eigenvalue weighted by atomic mass is 35.5. The van der Waals surface area contributed by atoms with Crippen LogP contribution in [0.4, 0.5) is 4.39 Å². The average molecular weight is 401 g/mol. The fraction of sp³-hybridized carbons (Fsp3) is 0.150. The molecule has 1 aromatic heterocycles. The van der Waals surface area contributed by atoms with Crippen molar-refractivity contribution >= 4 is 23.7 Å². The molecule has 6 nitrogen and oxygen atoms in total. The standard InChI is InChI=1S/C20H18ClFN4O2/c1-14-18(20(21)26(25-14)12-15-5-3-2-4-6-15)11-23-24-19(27)13-28-17-9-7-16(22)8-10-17/h2-11H,12-13H2,1H3,(H,24,27). The highest BCUT2D eigenvalue weighted by molar-refractivity contribution is 6.32. The van der Waals surface area contributed by atoms with Gasteiger partial charge in [-0.3, -0.25) is 4.79 Å². The number of benzene rings is 2. The Morgan fingerprint density at radius 3 is 2.68 bits per heavy atom. The van der Waals surface area contributed by atoms with Gasteiger partial charge in [0.2, 0.25) is 0 Å². The number of carbonyl (C=O) groups is 1. The minimum atomic E-state index is -0.453. The quantitative estimate of drug-likeness (QED) is 0.487. The minimum Gasteiger partial charge on any atom is -0.484 e. The number of hydrogen-bond acceptors (Lipinski definition) is 4. The van der Waals surface area contributed by atoms with Crippen molar-refractivity contribution in [2.75, 3.05) is 6.61 Å². The van der Waals surface area contributed by atoms with Gasteiger partial charge in [0.25, 0.3) is 5.91 Å². The zero-order chi connectivity index (χ0) is 19.9. The van der Waals surface area contributed by atoms with E-state index in [-0.39, 0.29) is 12.4 Å². The number of carbonyl (C=O) groups excluding carboxylic acids is 1. The fourth-order valence-electron chi connectivity index (χ4n) is 2.46. The molecule has 1 heterocycles. The molecule has 1 amide bonds. The van der Waals surface area contributed by atoms with Gasteiger partial charge in [-0.2, -0.15) is 10.2 Å². The third kappa shape index (κ3) is 5.17. The maximum Gasteiger partial charge on any atom is 0.277 e. The molecule has 28 heavy (non-hydrogen) atoms. The Labute approximate surface area is 166 Å². The van der Waals surface area contributed by atoms with Crippen LogP contribution < -0.4 is 10.2 Å². The van der Waals surface area contributed by atoms with Crippen LogP contribution in [0.25, 0.3) is 0 Å². The number of hydrogen-bond donors (Lipinski definition) is 1. The Kier molecular flexibility index (Phi) is 6.39. The summed E-state index contributed by atoms with van der Waals surface area (Å²) in [6.07, 6.45) is 1.45. The van der Waals surface area contributed by atoms with Crippen LogP contribution in [0.3, 0.4) is 0 Å². The highest BCUT2D eigenvalue weighted by Gasteiger charge is 2.12. The van der Waals surface area contributed by atoms with Crippen LogP contribution in [-0.2, 0) is 11.3 Å². The summed E-state index contributed by atoms with van der Waals surface area (Å²) in [4.78, 5) is 11.8. The molecule has 3 rings (SSSR count). The lowest BCUT2D eigenvalue weighted by atomic mass is 10.2. The molecule has 2 aromatic carbocycles. The van der Waals surface area contributed by atoms with Crippen LogP contribution in [0.15, 0.2) is 59.7 Å². The van der Waals surface area contributed by atoms with Crippen molar-refractivity contribution in [1.29, 1.82) is 0 Å². The van der Waals surface area contributed by atoms with Gasteiger partial charge in [0.1, 0.15) is 16.7 Å². The number of hydrazone groups is 1. The van der Waals surface area contributed by atoms with Crippen molar-refractivity contribution in [3.8, 4) is 5.75 Å². The molecular weight excluding hydrogens is 383 g/mol. The van der Waals surface area contributed by atoms with Crippen molar-refractivity contribution in [2.24, 2.45) is 5.10 Å². The van der Waals surface area contributed by atoms with Crippen molar-refractivity contribution in [2.45, 2.75) is 13.5 Å². The molecular formula is C20H18ClFN4O2. The van der Waals surface area contributed by atoms with Gasteiger partial charge in [0, 0.05) is 0 Å². The molecule has 0 saturated heterocycles. The summed E-state index contributed by atoms with van der Waals surface area (Å²) >= 11 is 6.39. The first-order valence-electron chi connectivity index (χ1n) is 8.50. The lowest BCUT2D eigenvalue weighted by Crippen LogP contribution is -2.24. The third-order valence-corrected chi connectivity index (χ3v) is 4.25. The Morgan fingerprint density at radius 2 is 1.96 bits per heavy atom. The molecule has 0 radical (unpaired) electrons. The number of aromatic nitrogens is 2. The SMILES string of the molecule is Cc1nn(Cc2ccccc2)c(Cl)c1C=NNC(=O)COc1ccc(F)cc1. The Morgan fingerprint density at radius 1 is 1.25 bits per heavy atom. The molecule has 144 valence electrons. The average Bonchev–Trinajstić information content (AvgIpc) is 2.95. The lowest BCUT2D eigenvalue weighted by Gasteiger charge is -2.04. The summed E-state index contributed by atoms with van der Waals surface area (Å²) in [7, 11) is 0. The molecule has 1 N–H and O–H groups in total. The first-order chi connectivity index (χ1) is 13.5. The Hall–Kier alpha value is -3.19. The number of rotatable bonds is 7. The van der Waals surface area contributed by atoms with Crippen LogP contribution in [0.1, 0.15) is 16.8 Å². The summed E-state index contributed by atoms with van der Waals surface area (Å²) < 4.78 is 19.8. The summed E-state index contributed by atoms with van der Waals surface area (Å²) in [5, 5.41) is 8.75. The van der Waals surface area contributed by atoms with Gasteiger partial charge in [-0.25, -0.2) is 14.5 Å². The van der Waals surface area contributed by atoms with E-state index in [1.807, 2.05) is 37.3 Å². The zero-order valence-corrected chi connectivity index (χ0v) is 15.9. The van der Waals surface area contributed by atoms with E-state index in [4.69, 9.17) is 16.3 Å². The smallest absolute Gasteiger partial charge is 0.277 e. The first-order valence-corrected chi connectivity index (χ1v) is 8.88. The van der Waals surface area contributed by atoms with Gasteiger partial charge >= 0.3 is 0 Å². The summed E-state index contributed by atoms with van der Waals surface area (Å²) in [6.45, 7) is 2.10. The van der Waals surface area contributed by atoms with Crippen molar-refractivity contribution in [3.05, 3.63) is 82.4 Å². The van der Waals surface area contributed by atoms with Crippen molar-refractivity contribution < 1.29 is 13.9 Å². The van der Waals surface area contributed by atoms with E-state index < -0.39 is 5.91 Å². The second-order valence-electron chi connectivity index (χ2n) is 5.97. The van der Waals surface area contributed by atoms with E-state index in [0.717, 1.165) is 5.56 Å². The van der Waals surface area contributed by atoms with E-state index in [2.05, 4.69) is 15.6 Å². The zero-order valence-electron chi connectivity index (χ0n) is 15.1. The normalized spacial score (nSPS) is 11.0. The fourth-order valence-corrected chi connectivity index (χ4v) is 2.74. The number of halogens is 2. The number of amides is 1. The second-order valence-corrected chi connectivity index (χ2v) is 6.33. The molecule has 8 heteroatoms. The van der Waals surface area contributed by atoms with Gasteiger partial charge < -0.3 is 4.74 Å². The van der Waals surface area contributed by atoms with E-state index in [9.17, 15) is 9.18 Å². The monoisotopic (exact) mass is 400 g/mol. The van der Waals surface area contributed by atoms with E-state index in [1.165, 1.54) is 30.5 Å². The van der Waals surface area contributed by atoms with Gasteiger partial charge in [0.15, 0.2) is 6.61 Å². The van der Waals surface area contributed by atoms with Crippen LogP contribution in [0, 0.1) is 12.7 Å². The van der Waals surface area contributed by atoms with Crippen LogP contribution in [0.5, 0.6) is 5.75 Å². The molecule has 0 fully saturated rings. The molecule has 0 aliphatic rings. The van der Waals surface area contributed by atoms with Gasteiger partial charge in [-0.05, 0) is 36.8 Å². The van der Waals surface area contributed by atoms with Crippen molar-refractivity contribution in [1.82, 2.24) is 15.2 Å². The second kappa shape index (κ2) is 9.14. The van der Waals surface area contributed by atoms with Crippen LogP contribution in [-0.4, -0.2) is 28.5 Å². The predicted molar refractivity (Wildman–Crippen MR) is 105 cm³/mol. The number of nitrogens with zero attached hydrogens (tertiary/aromatic N) is 3. The molecule has 0 aliphatic heterocycles. The summed E-state index contributed by atoms with van der Waals surface area (Å²) in [6, 6.07) is 15.2. The number of aryl methyl sites for hydroxylation is 1. The lowest BCUT2D eigenvalue weighted by molar-refractivity contribution is -0.123.